The van der Waals surface area contributed by atoms with Crippen LogP contribution in [-0.2, 0) is 25.7 Å². The summed E-state index contributed by atoms with van der Waals surface area (Å²) in [4.78, 5) is 9.65. The van der Waals surface area contributed by atoms with Crippen molar-refractivity contribution in [2.45, 2.75) is 37.8 Å². The minimum absolute atomic E-state index is 0.122. The van der Waals surface area contributed by atoms with Gasteiger partial charge in [0.2, 0.25) is 5.75 Å². The monoisotopic (exact) mass is 729 g/mol. The van der Waals surface area contributed by atoms with Gasteiger partial charge in [0, 0.05) is 36.3 Å². The van der Waals surface area contributed by atoms with Crippen molar-refractivity contribution in [2.75, 3.05) is 62.7 Å². The number of nitrogens with zero attached hydrogens (tertiary/aromatic N) is 3. The largest absolute Gasteiger partial charge is 0.495 e. The normalized spacial score (nSPS) is 18.0. The van der Waals surface area contributed by atoms with Gasteiger partial charge in [0.25, 0.3) is 0 Å². The lowest BCUT2D eigenvalue weighted by Gasteiger charge is -2.38. The van der Waals surface area contributed by atoms with Gasteiger partial charge in [0.15, 0.2) is 34.5 Å². The van der Waals surface area contributed by atoms with Gasteiger partial charge in [-0.25, -0.2) is 0 Å². The molecule has 0 spiro atoms. The first kappa shape index (κ1) is 35.6. The van der Waals surface area contributed by atoms with Crippen LogP contribution in [0.5, 0.6) is 51.7 Å². The van der Waals surface area contributed by atoms with E-state index >= 15 is 0 Å². The SMILES string of the molecule is COc1ccc(-c2c3c4c(c(OC)c2OC)Oc2cc5c(cc2OC)CCN(C)[C@H]5Cc2ccc(cc2)Oc2cc(ccc2OC)C[C@@H]4N(C)CC3)nc1. The number of likely N-dealkylation sites (N-methyl/N-ethyl adjacent to an activating group) is 2. The van der Waals surface area contributed by atoms with E-state index in [-0.39, 0.29) is 12.1 Å². The fourth-order valence-corrected chi connectivity index (χ4v) is 8.33. The Hall–Kier alpha value is -5.45. The van der Waals surface area contributed by atoms with Gasteiger partial charge < -0.3 is 33.2 Å². The van der Waals surface area contributed by atoms with E-state index in [2.05, 4.69) is 60.3 Å². The molecular weight excluding hydrogens is 682 g/mol. The van der Waals surface area contributed by atoms with Gasteiger partial charge in [-0.3, -0.25) is 14.8 Å². The molecule has 1 aromatic heterocycles. The second-order valence-electron chi connectivity index (χ2n) is 14.2. The molecule has 54 heavy (non-hydrogen) atoms. The third kappa shape index (κ3) is 6.33. The third-order valence-corrected chi connectivity index (χ3v) is 11.2. The first-order valence-electron chi connectivity index (χ1n) is 18.4. The maximum Gasteiger partial charge on any atom is 0.205 e. The van der Waals surface area contributed by atoms with Crippen LogP contribution < -0.4 is 33.2 Å². The lowest BCUT2D eigenvalue weighted by atomic mass is 9.83. The van der Waals surface area contributed by atoms with Crippen LogP contribution >= 0.6 is 0 Å². The fourth-order valence-electron chi connectivity index (χ4n) is 8.33. The topological polar surface area (TPSA) is 84.0 Å². The molecule has 6 bridgehead atoms. The Bertz CT molecular complexity index is 2170. The summed E-state index contributed by atoms with van der Waals surface area (Å²) in [6.45, 7) is 1.74. The summed E-state index contributed by atoms with van der Waals surface area (Å²) in [5, 5.41) is 0. The highest BCUT2D eigenvalue weighted by atomic mass is 16.5. The molecule has 4 aromatic carbocycles. The average Bonchev–Trinajstić information content (AvgIpc) is 3.20. The molecule has 4 aliphatic heterocycles. The quantitative estimate of drug-likeness (QED) is 0.171. The fraction of sp³-hybridized carbons (Fsp3) is 0.341. The Morgan fingerprint density at radius 1 is 0.648 bits per heavy atom. The second kappa shape index (κ2) is 14.8. The third-order valence-electron chi connectivity index (χ3n) is 11.2. The van der Waals surface area contributed by atoms with Crippen LogP contribution in [0.4, 0.5) is 0 Å². The number of aromatic nitrogens is 1. The van der Waals surface area contributed by atoms with Crippen molar-refractivity contribution in [3.63, 3.8) is 0 Å². The van der Waals surface area contributed by atoms with Crippen molar-refractivity contribution in [1.82, 2.24) is 14.8 Å². The van der Waals surface area contributed by atoms with Crippen molar-refractivity contribution in [3.05, 3.63) is 106 Å². The van der Waals surface area contributed by atoms with Crippen LogP contribution in [0.25, 0.3) is 11.3 Å². The number of benzene rings is 4. The summed E-state index contributed by atoms with van der Waals surface area (Å²) in [6.07, 6.45) is 4.85. The van der Waals surface area contributed by atoms with Crippen LogP contribution in [0, 0.1) is 0 Å². The molecule has 0 fully saturated rings. The first-order chi connectivity index (χ1) is 26.3. The molecule has 9 rings (SSSR count). The van der Waals surface area contributed by atoms with E-state index in [1.807, 2.05) is 30.3 Å². The van der Waals surface area contributed by atoms with Gasteiger partial charge in [0.1, 0.15) is 11.5 Å². The molecule has 0 radical (unpaired) electrons. The first-order valence-corrected chi connectivity index (χ1v) is 18.4. The number of ether oxygens (including phenoxy) is 7. The van der Waals surface area contributed by atoms with E-state index in [0.29, 0.717) is 52.4 Å². The van der Waals surface area contributed by atoms with E-state index in [1.165, 1.54) is 16.7 Å². The van der Waals surface area contributed by atoms with E-state index in [1.54, 1.807) is 41.7 Å². The second-order valence-corrected chi connectivity index (χ2v) is 14.2. The minimum atomic E-state index is -0.123. The summed E-state index contributed by atoms with van der Waals surface area (Å²) in [7, 11) is 12.7. The van der Waals surface area contributed by atoms with Crippen LogP contribution in [0.2, 0.25) is 0 Å². The highest BCUT2D eigenvalue weighted by Crippen LogP contribution is 2.56. The van der Waals surface area contributed by atoms with Gasteiger partial charge in [-0.05, 0) is 116 Å². The zero-order valence-corrected chi connectivity index (χ0v) is 32.0. The predicted molar refractivity (Wildman–Crippen MR) is 207 cm³/mol. The number of hydrogen-bond donors (Lipinski definition) is 0. The minimum Gasteiger partial charge on any atom is -0.495 e. The molecule has 0 saturated heterocycles. The van der Waals surface area contributed by atoms with Gasteiger partial charge in [0.05, 0.1) is 47.4 Å². The van der Waals surface area contributed by atoms with Crippen LogP contribution in [0.15, 0.2) is 72.9 Å². The van der Waals surface area contributed by atoms with Crippen LogP contribution in [-0.4, -0.2) is 77.5 Å². The molecule has 0 unspecified atom stereocenters. The predicted octanol–water partition coefficient (Wildman–Crippen LogP) is 8.23. The van der Waals surface area contributed by atoms with E-state index in [9.17, 15) is 0 Å². The molecule has 10 nitrogen and oxygen atoms in total. The maximum absolute atomic E-state index is 7.22. The van der Waals surface area contributed by atoms with Crippen molar-refractivity contribution in [1.29, 1.82) is 0 Å². The molecule has 2 atom stereocenters. The highest BCUT2D eigenvalue weighted by molar-refractivity contribution is 5.81. The van der Waals surface area contributed by atoms with Crippen molar-refractivity contribution >= 4 is 0 Å². The van der Waals surface area contributed by atoms with Gasteiger partial charge in [-0.2, -0.15) is 0 Å². The van der Waals surface area contributed by atoms with Gasteiger partial charge in [-0.15, -0.1) is 0 Å². The molecule has 5 heterocycles. The standard InChI is InChI=1S/C44H47N3O7/c1-46-18-16-28-23-37(50-5)39-24-32(28)34(46)20-26-8-11-29(12-9-26)53-38-22-27(10-15-36(38)49-4)21-35-41-31(17-19-47(35)2)40(33-14-13-30(48-3)25-45-33)42(51-6)44(52-7)43(41)54-39/h8-15,22-25,34-35H,16-21H2,1-7H3/t34-,35-/m0/s1. The molecule has 0 aliphatic carbocycles. The summed E-state index contributed by atoms with van der Waals surface area (Å²) in [6, 6.07) is 22.8. The molecule has 10 heteroatoms. The maximum atomic E-state index is 7.22. The number of methoxy groups -OCH3 is 5. The summed E-state index contributed by atoms with van der Waals surface area (Å²) in [5.41, 5.74) is 8.50. The molecule has 0 saturated carbocycles. The number of hydrogen-bond acceptors (Lipinski definition) is 10. The smallest absolute Gasteiger partial charge is 0.205 e. The number of fused-ring (bicyclic) bond motifs is 2. The lowest BCUT2D eigenvalue weighted by Crippen LogP contribution is -2.34. The number of rotatable bonds is 6. The van der Waals surface area contributed by atoms with E-state index < -0.39 is 0 Å². The van der Waals surface area contributed by atoms with Gasteiger partial charge in [-0.1, -0.05) is 18.2 Å². The zero-order valence-electron chi connectivity index (χ0n) is 32.0. The van der Waals surface area contributed by atoms with E-state index in [4.69, 9.17) is 38.1 Å². The Morgan fingerprint density at radius 2 is 1.35 bits per heavy atom. The summed E-state index contributed by atoms with van der Waals surface area (Å²) >= 11 is 0. The molecule has 5 aromatic rings. The van der Waals surface area contributed by atoms with Crippen molar-refractivity contribution in [2.24, 2.45) is 0 Å². The Labute approximate surface area is 317 Å². The Balaban J connectivity index is 1.41. The summed E-state index contributed by atoms with van der Waals surface area (Å²) in [5.74, 6) is 5.69. The summed E-state index contributed by atoms with van der Waals surface area (Å²) < 4.78 is 43.6. The number of pyridine rings is 1. The van der Waals surface area contributed by atoms with Crippen LogP contribution in [0.3, 0.4) is 0 Å². The van der Waals surface area contributed by atoms with Crippen molar-refractivity contribution in [3.8, 4) is 63.0 Å². The molecule has 4 aliphatic rings. The Morgan fingerprint density at radius 3 is 2.06 bits per heavy atom. The van der Waals surface area contributed by atoms with E-state index in [0.717, 1.165) is 66.0 Å². The zero-order chi connectivity index (χ0) is 37.5. The van der Waals surface area contributed by atoms with Crippen LogP contribution in [0.1, 0.15) is 45.5 Å². The highest BCUT2D eigenvalue weighted by Gasteiger charge is 2.38. The van der Waals surface area contributed by atoms with Gasteiger partial charge >= 0.3 is 0 Å². The molecule has 280 valence electrons. The molecular formula is C44H47N3O7. The molecule has 0 amide bonds. The average molecular weight is 730 g/mol. The van der Waals surface area contributed by atoms with Crippen molar-refractivity contribution < 1.29 is 33.2 Å². The lowest BCUT2D eigenvalue weighted by molar-refractivity contribution is 0.220. The molecule has 0 N–H and O–H groups in total. The Kier molecular flexibility index (Phi) is 9.72.